The minimum Gasteiger partial charge on any atom is -0.483 e. The number of nitrogens with one attached hydrogen (secondary N) is 1. The van der Waals surface area contributed by atoms with E-state index in [2.05, 4.69) is 5.32 Å². The van der Waals surface area contributed by atoms with Crippen molar-refractivity contribution in [3.63, 3.8) is 0 Å². The lowest BCUT2D eigenvalue weighted by molar-refractivity contribution is -0.145. The summed E-state index contributed by atoms with van der Waals surface area (Å²) >= 11 is 5.87. The van der Waals surface area contributed by atoms with E-state index in [1.165, 1.54) is 0 Å². The Kier molecular flexibility index (Phi) is 4.97. The summed E-state index contributed by atoms with van der Waals surface area (Å²) < 4.78 is 11.2. The minimum absolute atomic E-state index is 0.0144. The molecule has 1 aliphatic heterocycles. The normalized spacial score (nSPS) is 28.8. The number of rotatable bonds is 6. The minimum atomic E-state index is -0.669. The van der Waals surface area contributed by atoms with Crippen LogP contribution in [0.1, 0.15) is 30.1 Å². The van der Waals surface area contributed by atoms with Gasteiger partial charge in [-0.2, -0.15) is 0 Å². The molecule has 5 rings (SSSR count). The summed E-state index contributed by atoms with van der Waals surface area (Å²) in [5.74, 6) is -0.178. The highest BCUT2D eigenvalue weighted by Gasteiger charge is 2.63. The molecule has 6 atom stereocenters. The summed E-state index contributed by atoms with van der Waals surface area (Å²) in [5.41, 5.74) is 1.15. The molecule has 1 saturated heterocycles. The Labute approximate surface area is 184 Å². The molecule has 31 heavy (non-hydrogen) atoms. The van der Waals surface area contributed by atoms with Crippen molar-refractivity contribution in [1.82, 2.24) is 0 Å². The Hall–Kier alpha value is -2.86. The van der Waals surface area contributed by atoms with E-state index in [0.717, 1.165) is 12.8 Å². The predicted octanol–water partition coefficient (Wildman–Crippen LogP) is 4.13. The SMILES string of the molecule is C[C@H](Oc1ccc(NC(=O)[C@@H]2[C@@H]3C[C@@H]4[C@@H]2C(=O)O[C@@H]4C3)cc1)C(=O)c1ccc(Cl)cc1. The molecule has 0 unspecified atom stereocenters. The third kappa shape index (κ3) is 3.59. The topological polar surface area (TPSA) is 81.7 Å². The number of esters is 1. The number of benzene rings is 2. The zero-order chi connectivity index (χ0) is 21.7. The number of fused-ring (bicyclic) bond motifs is 1. The summed E-state index contributed by atoms with van der Waals surface area (Å²) in [6.07, 6.45) is 1.03. The predicted molar refractivity (Wildman–Crippen MR) is 114 cm³/mol. The van der Waals surface area contributed by atoms with Crippen LogP contribution in [0, 0.1) is 23.7 Å². The van der Waals surface area contributed by atoms with Crippen LogP contribution >= 0.6 is 11.6 Å². The number of carbonyl (C=O) groups is 3. The van der Waals surface area contributed by atoms with Gasteiger partial charge >= 0.3 is 5.97 Å². The second-order valence-corrected chi connectivity index (χ2v) is 9.00. The molecule has 160 valence electrons. The molecule has 1 N–H and O–H groups in total. The molecule has 3 fully saturated rings. The van der Waals surface area contributed by atoms with E-state index >= 15 is 0 Å². The standard InChI is InChI=1S/C24H22ClNO5/c1-12(22(27)13-2-4-15(25)5-3-13)30-17-8-6-16(7-9-17)26-23(28)20-14-10-18-19(11-14)31-24(29)21(18)20/h2-9,12,14,18-21H,10-11H2,1H3,(H,26,28)/t12-,14+,18-,19+,20+,21-/m0/s1. The van der Waals surface area contributed by atoms with Crippen molar-refractivity contribution in [1.29, 1.82) is 0 Å². The first-order valence-corrected chi connectivity index (χ1v) is 10.9. The van der Waals surface area contributed by atoms with Crippen LogP contribution in [-0.4, -0.2) is 29.9 Å². The van der Waals surface area contributed by atoms with Crippen LogP contribution in [0.4, 0.5) is 5.69 Å². The molecule has 1 heterocycles. The van der Waals surface area contributed by atoms with E-state index in [4.69, 9.17) is 21.1 Å². The highest BCUT2D eigenvalue weighted by Crippen LogP contribution is 2.57. The number of ketones is 1. The molecule has 0 radical (unpaired) electrons. The number of anilines is 1. The maximum Gasteiger partial charge on any atom is 0.310 e. The van der Waals surface area contributed by atoms with Gasteiger partial charge in [0, 0.05) is 22.2 Å². The molecule has 2 aromatic carbocycles. The van der Waals surface area contributed by atoms with Gasteiger partial charge in [-0.25, -0.2) is 0 Å². The molecule has 6 nitrogen and oxygen atoms in total. The number of carbonyl (C=O) groups excluding carboxylic acids is 3. The van der Waals surface area contributed by atoms with Crippen molar-refractivity contribution in [2.75, 3.05) is 5.32 Å². The monoisotopic (exact) mass is 439 g/mol. The third-order valence-electron chi connectivity index (χ3n) is 6.72. The molecule has 2 aliphatic carbocycles. The Bertz CT molecular complexity index is 1030. The lowest BCUT2D eigenvalue weighted by Gasteiger charge is -2.23. The second-order valence-electron chi connectivity index (χ2n) is 8.57. The Balaban J connectivity index is 1.20. The third-order valence-corrected chi connectivity index (χ3v) is 6.97. The molecule has 2 aromatic rings. The van der Waals surface area contributed by atoms with E-state index < -0.39 is 6.10 Å². The van der Waals surface area contributed by atoms with Gasteiger partial charge in [-0.05, 0) is 74.2 Å². The molecular weight excluding hydrogens is 418 g/mol. The first kappa shape index (κ1) is 20.1. The molecular formula is C24H22ClNO5. The molecule has 1 amide bonds. The average Bonchev–Trinajstić information content (AvgIpc) is 3.38. The number of ether oxygens (including phenoxy) is 2. The largest absolute Gasteiger partial charge is 0.483 e. The number of amides is 1. The van der Waals surface area contributed by atoms with E-state index in [0.29, 0.717) is 22.0 Å². The number of hydrogen-bond donors (Lipinski definition) is 1. The number of halogens is 1. The molecule has 7 heteroatoms. The first-order chi connectivity index (χ1) is 14.9. The maximum absolute atomic E-state index is 12.9. The van der Waals surface area contributed by atoms with Crippen molar-refractivity contribution < 1.29 is 23.9 Å². The number of Topliss-reactive ketones (excluding diaryl/α,β-unsaturated/α-hetero) is 1. The quantitative estimate of drug-likeness (QED) is 0.540. The highest BCUT2D eigenvalue weighted by molar-refractivity contribution is 6.30. The van der Waals surface area contributed by atoms with Crippen LogP contribution in [0.2, 0.25) is 5.02 Å². The van der Waals surface area contributed by atoms with Crippen molar-refractivity contribution >= 4 is 34.9 Å². The summed E-state index contributed by atoms with van der Waals surface area (Å²) in [4.78, 5) is 37.5. The Morgan fingerprint density at radius 1 is 1.10 bits per heavy atom. The summed E-state index contributed by atoms with van der Waals surface area (Å²) in [5, 5.41) is 3.49. The van der Waals surface area contributed by atoms with Crippen molar-refractivity contribution in [2.24, 2.45) is 23.7 Å². The van der Waals surface area contributed by atoms with E-state index in [1.807, 2.05) is 0 Å². The fourth-order valence-electron chi connectivity index (χ4n) is 5.31. The van der Waals surface area contributed by atoms with Gasteiger partial charge < -0.3 is 14.8 Å². The first-order valence-electron chi connectivity index (χ1n) is 10.5. The molecule has 2 bridgehead atoms. The van der Waals surface area contributed by atoms with Crippen LogP contribution in [0.5, 0.6) is 5.75 Å². The highest BCUT2D eigenvalue weighted by atomic mass is 35.5. The second kappa shape index (κ2) is 7.68. The smallest absolute Gasteiger partial charge is 0.310 e. The van der Waals surface area contributed by atoms with Gasteiger partial charge in [0.2, 0.25) is 11.7 Å². The van der Waals surface area contributed by atoms with E-state index in [1.54, 1.807) is 55.5 Å². The van der Waals surface area contributed by atoms with Crippen molar-refractivity contribution in [2.45, 2.75) is 32.0 Å². The van der Waals surface area contributed by atoms with Crippen LogP contribution in [-0.2, 0) is 14.3 Å². The molecule has 2 saturated carbocycles. The maximum atomic E-state index is 12.9. The number of hydrogen-bond acceptors (Lipinski definition) is 5. The molecule has 0 aromatic heterocycles. The van der Waals surface area contributed by atoms with Gasteiger partial charge in [0.05, 0.1) is 11.8 Å². The van der Waals surface area contributed by atoms with Crippen molar-refractivity contribution in [3.8, 4) is 5.75 Å². The Morgan fingerprint density at radius 3 is 2.52 bits per heavy atom. The van der Waals surface area contributed by atoms with Crippen molar-refractivity contribution in [3.05, 3.63) is 59.1 Å². The molecule has 0 spiro atoms. The fraction of sp³-hybridized carbons (Fsp3) is 0.375. The van der Waals surface area contributed by atoms with E-state index in [9.17, 15) is 14.4 Å². The fourth-order valence-corrected chi connectivity index (χ4v) is 5.44. The zero-order valence-electron chi connectivity index (χ0n) is 16.9. The van der Waals surface area contributed by atoms with Gasteiger partial charge in [0.25, 0.3) is 0 Å². The van der Waals surface area contributed by atoms with Gasteiger partial charge in [0.15, 0.2) is 6.10 Å². The average molecular weight is 440 g/mol. The van der Waals surface area contributed by atoms with Crippen LogP contribution in [0.25, 0.3) is 0 Å². The van der Waals surface area contributed by atoms with Crippen LogP contribution < -0.4 is 10.1 Å². The molecule has 3 aliphatic rings. The van der Waals surface area contributed by atoms with Gasteiger partial charge in [0.1, 0.15) is 11.9 Å². The summed E-state index contributed by atoms with van der Waals surface area (Å²) in [6, 6.07) is 13.6. The van der Waals surface area contributed by atoms with Crippen LogP contribution in [0.15, 0.2) is 48.5 Å². The Morgan fingerprint density at radius 2 is 1.81 bits per heavy atom. The summed E-state index contributed by atoms with van der Waals surface area (Å²) in [7, 11) is 0. The van der Waals surface area contributed by atoms with E-state index in [-0.39, 0.29) is 47.4 Å². The lowest BCUT2D eigenvalue weighted by Crippen LogP contribution is -2.35. The van der Waals surface area contributed by atoms with Crippen LogP contribution in [0.3, 0.4) is 0 Å². The van der Waals surface area contributed by atoms with Gasteiger partial charge in [-0.1, -0.05) is 11.6 Å². The zero-order valence-corrected chi connectivity index (χ0v) is 17.7. The summed E-state index contributed by atoms with van der Waals surface area (Å²) in [6.45, 7) is 1.69. The lowest BCUT2D eigenvalue weighted by atomic mass is 9.79. The van der Waals surface area contributed by atoms with Gasteiger partial charge in [-0.3, -0.25) is 14.4 Å². The van der Waals surface area contributed by atoms with Gasteiger partial charge in [-0.15, -0.1) is 0 Å².